The Hall–Kier alpha value is -2.77. The average Bonchev–Trinajstić information content (AvgIpc) is 2.66. The van der Waals surface area contributed by atoms with Crippen molar-refractivity contribution in [2.75, 3.05) is 5.32 Å². The number of hydrogen-bond acceptors (Lipinski definition) is 6. The molecule has 1 amide bonds. The fraction of sp³-hybridized carbons (Fsp3) is 0.105. The van der Waals surface area contributed by atoms with Crippen LogP contribution in [0.15, 0.2) is 74.3 Å². The zero-order valence-electron chi connectivity index (χ0n) is 14.3. The Balaban J connectivity index is 1.83. The quantitative estimate of drug-likeness (QED) is 0.690. The standard InChI is InChI=1S/C19H15ClN4O2S/c1-2-15-16(20)22-19-23-18(15)26-13-7-3-5-11(9-13)17(25)21-12-6-4-8-14(10-12)27-24-19/h3-10H,2H2,1H3,(H,21,25)(H,22,23,24). The lowest BCUT2D eigenvalue weighted by molar-refractivity contribution is 0.102. The fourth-order valence-electron chi connectivity index (χ4n) is 2.64. The molecule has 136 valence electrons. The van der Waals surface area contributed by atoms with Crippen LogP contribution >= 0.6 is 23.5 Å². The van der Waals surface area contributed by atoms with Gasteiger partial charge in [-0.3, -0.25) is 10.1 Å². The van der Waals surface area contributed by atoms with Gasteiger partial charge in [-0.2, -0.15) is 9.39 Å². The molecule has 4 rings (SSSR count). The van der Waals surface area contributed by atoms with Gasteiger partial charge in [-0.25, -0.2) is 0 Å². The SMILES string of the molecule is CCC1=C2NC(=NSc3cccc(c3)NC(=O)c3cccc(c3)O2)N=C1Cl. The number of carbonyl (C=O) groups excluding carboxylic acids is 1. The molecule has 6 bridgehead atoms. The van der Waals surface area contributed by atoms with Crippen molar-refractivity contribution in [2.45, 2.75) is 18.2 Å². The lowest BCUT2D eigenvalue weighted by Gasteiger charge is -2.20. The fourth-order valence-corrected chi connectivity index (χ4v) is 3.54. The Morgan fingerprint density at radius 1 is 1.15 bits per heavy atom. The molecule has 2 aromatic carbocycles. The summed E-state index contributed by atoms with van der Waals surface area (Å²) in [6.07, 6.45) is 0.632. The van der Waals surface area contributed by atoms with E-state index >= 15 is 0 Å². The van der Waals surface area contributed by atoms with Crippen LogP contribution in [0.25, 0.3) is 0 Å². The molecule has 8 heteroatoms. The second-order valence-electron chi connectivity index (χ2n) is 5.81. The maximum atomic E-state index is 12.6. The zero-order valence-corrected chi connectivity index (χ0v) is 15.9. The van der Waals surface area contributed by atoms with Gasteiger partial charge in [0.1, 0.15) is 10.9 Å². The van der Waals surface area contributed by atoms with E-state index in [0.717, 1.165) is 10.5 Å². The van der Waals surface area contributed by atoms with Crippen molar-refractivity contribution < 1.29 is 9.53 Å². The summed E-state index contributed by atoms with van der Waals surface area (Å²) in [5.74, 6) is 1.10. The van der Waals surface area contributed by atoms with Gasteiger partial charge >= 0.3 is 0 Å². The molecule has 0 atom stereocenters. The number of carbonyl (C=O) groups is 1. The molecule has 2 heterocycles. The van der Waals surface area contributed by atoms with Gasteiger partial charge in [0, 0.05) is 33.7 Å². The highest BCUT2D eigenvalue weighted by atomic mass is 35.5. The van der Waals surface area contributed by atoms with Crippen LogP contribution in [0.4, 0.5) is 5.69 Å². The predicted molar refractivity (Wildman–Crippen MR) is 108 cm³/mol. The van der Waals surface area contributed by atoms with Crippen LogP contribution in [0, 0.1) is 0 Å². The maximum absolute atomic E-state index is 12.6. The molecule has 2 aromatic rings. The summed E-state index contributed by atoms with van der Waals surface area (Å²) in [5, 5.41) is 6.30. The molecule has 0 saturated heterocycles. The molecule has 0 aromatic heterocycles. The minimum absolute atomic E-state index is 0.218. The van der Waals surface area contributed by atoms with Crippen LogP contribution in [-0.2, 0) is 0 Å². The number of rotatable bonds is 1. The summed E-state index contributed by atoms with van der Waals surface area (Å²) in [7, 11) is 0. The van der Waals surface area contributed by atoms with Crippen LogP contribution in [0.5, 0.6) is 5.75 Å². The molecule has 6 nitrogen and oxygen atoms in total. The van der Waals surface area contributed by atoms with Crippen molar-refractivity contribution in [2.24, 2.45) is 9.39 Å². The van der Waals surface area contributed by atoms with Crippen LogP contribution in [0.2, 0.25) is 0 Å². The van der Waals surface area contributed by atoms with Gasteiger partial charge < -0.3 is 10.1 Å². The molecule has 2 N–H and O–H groups in total. The van der Waals surface area contributed by atoms with Gasteiger partial charge in [-0.1, -0.05) is 30.7 Å². The molecular formula is C19H15ClN4O2S. The van der Waals surface area contributed by atoms with E-state index in [4.69, 9.17) is 16.3 Å². The molecule has 0 spiro atoms. The van der Waals surface area contributed by atoms with E-state index in [0.29, 0.717) is 40.4 Å². The second kappa shape index (κ2) is 7.46. The lowest BCUT2D eigenvalue weighted by Crippen LogP contribution is -2.31. The number of hydrogen-bond donors (Lipinski definition) is 2. The minimum atomic E-state index is -0.218. The topological polar surface area (TPSA) is 75.1 Å². The zero-order chi connectivity index (χ0) is 18.8. The summed E-state index contributed by atoms with van der Waals surface area (Å²) in [4.78, 5) is 17.7. The number of guanidine groups is 1. The molecule has 2 aliphatic heterocycles. The normalized spacial score (nSPS) is 16.3. The molecular weight excluding hydrogens is 384 g/mol. The Morgan fingerprint density at radius 3 is 2.85 bits per heavy atom. The minimum Gasteiger partial charge on any atom is -0.441 e. The van der Waals surface area contributed by atoms with Crippen molar-refractivity contribution in [3.8, 4) is 5.75 Å². The Bertz CT molecular complexity index is 1020. The number of anilines is 1. The van der Waals surface area contributed by atoms with Crippen LogP contribution in [0.3, 0.4) is 0 Å². The van der Waals surface area contributed by atoms with Gasteiger partial charge in [-0.15, -0.1) is 0 Å². The van der Waals surface area contributed by atoms with E-state index < -0.39 is 0 Å². The van der Waals surface area contributed by atoms with Crippen molar-refractivity contribution >= 4 is 46.3 Å². The van der Waals surface area contributed by atoms with Crippen molar-refractivity contribution in [1.29, 1.82) is 0 Å². The maximum Gasteiger partial charge on any atom is 0.255 e. The van der Waals surface area contributed by atoms with Gasteiger partial charge in [0.05, 0.1) is 0 Å². The van der Waals surface area contributed by atoms with Gasteiger partial charge in [-0.05, 0) is 42.8 Å². The van der Waals surface area contributed by atoms with E-state index in [2.05, 4.69) is 20.0 Å². The lowest BCUT2D eigenvalue weighted by atomic mass is 10.2. The Labute approximate surface area is 165 Å². The summed E-state index contributed by atoms with van der Waals surface area (Å²) in [5.41, 5.74) is 1.91. The first kappa shape index (κ1) is 17.6. The monoisotopic (exact) mass is 398 g/mol. The van der Waals surface area contributed by atoms with Crippen molar-refractivity contribution in [3.05, 3.63) is 65.6 Å². The average molecular weight is 399 g/mol. The van der Waals surface area contributed by atoms with Crippen LogP contribution in [-0.4, -0.2) is 17.0 Å². The third-order valence-corrected chi connectivity index (χ3v) is 4.99. The summed E-state index contributed by atoms with van der Waals surface area (Å²) < 4.78 is 10.4. The van der Waals surface area contributed by atoms with Crippen molar-refractivity contribution in [3.63, 3.8) is 0 Å². The first-order chi connectivity index (χ1) is 13.1. The van der Waals surface area contributed by atoms with E-state index in [1.54, 1.807) is 24.3 Å². The van der Waals surface area contributed by atoms with E-state index in [9.17, 15) is 4.79 Å². The first-order valence-electron chi connectivity index (χ1n) is 8.31. The smallest absolute Gasteiger partial charge is 0.255 e. The Kier molecular flexibility index (Phi) is 4.87. The Morgan fingerprint density at radius 2 is 2.00 bits per heavy atom. The summed E-state index contributed by atoms with van der Waals surface area (Å²) >= 11 is 7.55. The van der Waals surface area contributed by atoms with Crippen LogP contribution in [0.1, 0.15) is 23.7 Å². The van der Waals surface area contributed by atoms with Crippen molar-refractivity contribution in [1.82, 2.24) is 5.32 Å². The highest BCUT2D eigenvalue weighted by molar-refractivity contribution is 7.98. The number of benzene rings is 2. The molecule has 27 heavy (non-hydrogen) atoms. The number of nitrogens with one attached hydrogen (secondary N) is 2. The second-order valence-corrected chi connectivity index (χ2v) is 7.00. The third kappa shape index (κ3) is 3.84. The van der Waals surface area contributed by atoms with E-state index in [1.165, 1.54) is 11.9 Å². The molecule has 0 aliphatic carbocycles. The van der Waals surface area contributed by atoms with Crippen LogP contribution < -0.4 is 15.4 Å². The summed E-state index contributed by atoms with van der Waals surface area (Å²) in [6.45, 7) is 1.96. The predicted octanol–water partition coefficient (Wildman–Crippen LogP) is 4.56. The van der Waals surface area contributed by atoms with Gasteiger partial charge in [0.2, 0.25) is 11.8 Å². The highest BCUT2D eigenvalue weighted by Gasteiger charge is 2.21. The third-order valence-electron chi connectivity index (χ3n) is 3.95. The number of amides is 1. The van der Waals surface area contributed by atoms with E-state index in [1.807, 2.05) is 31.2 Å². The molecule has 2 aliphatic rings. The number of fused-ring (bicyclic) bond motifs is 6. The molecule has 0 saturated carbocycles. The molecule has 0 radical (unpaired) electrons. The molecule has 0 fully saturated rings. The van der Waals surface area contributed by atoms with E-state index in [-0.39, 0.29) is 5.91 Å². The number of halogens is 1. The highest BCUT2D eigenvalue weighted by Crippen LogP contribution is 2.27. The number of allylic oxidation sites excluding steroid dienone is 1. The first-order valence-corrected chi connectivity index (χ1v) is 9.46. The van der Waals surface area contributed by atoms with Gasteiger partial charge in [0.25, 0.3) is 5.91 Å². The number of aliphatic imine (C=N–C) groups is 1. The summed E-state index contributed by atoms with van der Waals surface area (Å²) in [6, 6.07) is 14.4. The van der Waals surface area contributed by atoms with Gasteiger partial charge in [0.15, 0.2) is 0 Å². The molecule has 0 unspecified atom stereocenters. The number of ether oxygens (including phenoxy) is 1. The largest absolute Gasteiger partial charge is 0.441 e. The number of nitrogens with zero attached hydrogens (tertiary/aromatic N) is 2.